The van der Waals surface area contributed by atoms with E-state index in [2.05, 4.69) is 346 Å². The van der Waals surface area contributed by atoms with E-state index in [-0.39, 0.29) is 0 Å². The SMILES string of the molecule is c1ccc(-c2nc(-c3ccccc3)nc(-c3cccc(-n4c5ccccc5c5cc6c(cc54)Sc4ccccc4C64c5ccccc5-n5c6ccccc6c6cccc4c65)c3)n2)cc1.c1ccc(-c2nc(-c3ccccc3)nc(-c3cccc(-n4c5ccccc5c5ccc6c(c54)Oc4ccccc4C64c5ccccc5-n5c6ccccc6c6cccc4c65)c3)n2)cc1. The number of nitrogens with zero attached hydrogens (tertiary/aromatic N) is 10. The van der Waals surface area contributed by atoms with Gasteiger partial charge in [-0.15, -0.1) is 0 Å². The summed E-state index contributed by atoms with van der Waals surface area (Å²) in [5.74, 6) is 5.45. The minimum Gasteiger partial charge on any atom is -0.454 e. The van der Waals surface area contributed by atoms with Gasteiger partial charge in [0, 0.05) is 109 Å². The Hall–Kier alpha value is -16.7. The molecule has 0 N–H and O–H groups in total. The van der Waals surface area contributed by atoms with Crippen LogP contribution in [0.3, 0.4) is 0 Å². The second kappa shape index (κ2) is 27.9. The maximum absolute atomic E-state index is 7.35. The summed E-state index contributed by atoms with van der Waals surface area (Å²) < 4.78 is 17.1. The molecule has 0 amide bonds. The molecule has 2 unspecified atom stereocenters. The van der Waals surface area contributed by atoms with Gasteiger partial charge < -0.3 is 23.0 Å². The summed E-state index contributed by atoms with van der Waals surface area (Å²) in [5, 5.41) is 9.72. The van der Waals surface area contributed by atoms with Gasteiger partial charge in [0.05, 0.1) is 66.3 Å². The Morgan fingerprint density at radius 3 is 1.05 bits per heavy atom. The number of aromatic nitrogens is 10. The van der Waals surface area contributed by atoms with Gasteiger partial charge in [0.15, 0.2) is 40.7 Å². The fourth-order valence-corrected chi connectivity index (χ4v) is 22.8. The lowest BCUT2D eigenvalue weighted by Gasteiger charge is -2.45. The molecule has 18 aromatic carbocycles. The molecule has 128 heavy (non-hydrogen) atoms. The minimum atomic E-state index is -0.700. The lowest BCUT2D eigenvalue weighted by atomic mass is 9.61. The van der Waals surface area contributed by atoms with E-state index in [1.807, 2.05) is 109 Å². The second-order valence-corrected chi connectivity index (χ2v) is 34.5. The number of benzene rings is 18. The number of ether oxygens (including phenoxy) is 1. The Morgan fingerprint density at radius 2 is 0.555 bits per heavy atom. The van der Waals surface area contributed by atoms with Gasteiger partial charge in [-0.05, 0) is 118 Å². The number of fused-ring (bicyclic) bond motifs is 29. The average Bonchev–Trinajstić information content (AvgIpc) is 1.37. The van der Waals surface area contributed by atoms with Crippen molar-refractivity contribution in [1.82, 2.24) is 48.2 Å². The van der Waals surface area contributed by atoms with Crippen molar-refractivity contribution in [2.24, 2.45) is 0 Å². The van der Waals surface area contributed by atoms with Gasteiger partial charge in [-0.1, -0.05) is 351 Å². The molecule has 10 heterocycles. The summed E-state index contributed by atoms with van der Waals surface area (Å²) in [6, 6.07) is 152. The van der Waals surface area contributed by atoms with Crippen LogP contribution < -0.4 is 4.74 Å². The summed E-state index contributed by atoms with van der Waals surface area (Å²) >= 11 is 1.88. The first-order chi connectivity index (χ1) is 63.5. The van der Waals surface area contributed by atoms with E-state index in [0.717, 1.165) is 100 Å². The van der Waals surface area contributed by atoms with Crippen LogP contribution in [0.5, 0.6) is 11.5 Å². The lowest BCUT2D eigenvalue weighted by Crippen LogP contribution is -2.37. The molecule has 28 rings (SSSR count). The van der Waals surface area contributed by atoms with Crippen molar-refractivity contribution in [3.05, 3.63) is 469 Å². The van der Waals surface area contributed by atoms with E-state index < -0.39 is 10.8 Å². The zero-order valence-corrected chi connectivity index (χ0v) is 69.5. The van der Waals surface area contributed by atoms with Crippen molar-refractivity contribution in [2.75, 3.05) is 0 Å². The zero-order chi connectivity index (χ0) is 83.9. The first kappa shape index (κ1) is 71.9. The van der Waals surface area contributed by atoms with Crippen molar-refractivity contribution in [2.45, 2.75) is 20.6 Å². The van der Waals surface area contributed by atoms with Gasteiger partial charge in [-0.25, -0.2) is 29.9 Å². The van der Waals surface area contributed by atoms with Crippen LogP contribution in [0.1, 0.15) is 44.5 Å². The smallest absolute Gasteiger partial charge is 0.164 e. The van der Waals surface area contributed by atoms with Gasteiger partial charge in [-0.2, -0.15) is 0 Å². The van der Waals surface area contributed by atoms with Gasteiger partial charge in [-0.3, -0.25) is 0 Å². The topological polar surface area (TPSA) is 106 Å². The van der Waals surface area contributed by atoms with E-state index in [1.165, 1.54) is 109 Å². The standard InChI is InChI=1S/C58H35N5O.C58H35N5S/c1-3-17-36(18-4-1)55-59-56(37-19-5-2-6-20-37)61-57(60-55)38-21-15-22-39(35-38)62-48-29-11-7-24-41(48)43-33-34-47-54(53(43)62)64-51-32-14-10-27-45(51)58(47)44-26-9-13-31-50(44)63-49-30-12-8-23-40(49)42-25-16-28-46(58)52(42)63;1-3-17-36(18-4-1)55-59-56(37-19-5-2-6-20-37)61-57(60-55)38-21-15-22-39(33-38)62-48-29-11-8-24-41(48)43-34-47-53(35-51(43)62)64-52-32-14-10-27-45(52)58(47)44-26-9-13-31-50(44)63-49-30-12-7-23-40(49)42-25-16-28-46(58)54(42)63/h2*1-35H. The number of para-hydroxylation sites is 9. The van der Waals surface area contributed by atoms with Crippen LogP contribution in [0.15, 0.2) is 434 Å². The molecule has 12 heteroatoms. The normalized spacial score (nSPS) is 14.8. The quantitative estimate of drug-likeness (QED) is 0.148. The fraction of sp³-hybridized carbons (Fsp3) is 0.0172. The molecular weight excluding hydrogens is 1580 g/mol. The second-order valence-electron chi connectivity index (χ2n) is 33.4. The molecule has 0 fully saturated rings. The first-order valence-electron chi connectivity index (χ1n) is 43.4. The summed E-state index contributed by atoms with van der Waals surface area (Å²) in [4.78, 5) is 32.9. The summed E-state index contributed by atoms with van der Waals surface area (Å²) in [5.41, 5.74) is 27.9. The maximum Gasteiger partial charge on any atom is 0.164 e. The van der Waals surface area contributed by atoms with Crippen molar-refractivity contribution >= 4 is 99.0 Å². The van der Waals surface area contributed by atoms with E-state index in [0.29, 0.717) is 34.9 Å². The van der Waals surface area contributed by atoms with Crippen LogP contribution in [0.2, 0.25) is 0 Å². The minimum absolute atomic E-state index is 0.569. The van der Waals surface area contributed by atoms with Crippen LogP contribution in [-0.4, -0.2) is 48.2 Å². The molecule has 4 aliphatic heterocycles. The summed E-state index contributed by atoms with van der Waals surface area (Å²) in [6.45, 7) is 0. The molecule has 0 radical (unpaired) electrons. The average molecular weight is 1650 g/mol. The van der Waals surface area contributed by atoms with Crippen molar-refractivity contribution in [3.63, 3.8) is 0 Å². The van der Waals surface area contributed by atoms with Crippen LogP contribution in [0.25, 0.3) is 178 Å². The molecule has 0 bridgehead atoms. The number of rotatable bonds is 8. The van der Waals surface area contributed by atoms with E-state index in [9.17, 15) is 0 Å². The molecule has 0 saturated carbocycles. The summed E-state index contributed by atoms with van der Waals surface area (Å²) in [6.07, 6.45) is 0. The van der Waals surface area contributed by atoms with E-state index >= 15 is 0 Å². The zero-order valence-electron chi connectivity index (χ0n) is 68.7. The predicted octanol–water partition coefficient (Wildman–Crippen LogP) is 28.1. The van der Waals surface area contributed by atoms with Crippen molar-refractivity contribution in [3.8, 4) is 103 Å². The van der Waals surface area contributed by atoms with Crippen LogP contribution in [0, 0.1) is 0 Å². The molecule has 24 aromatic rings. The maximum atomic E-state index is 7.35. The Kier molecular flexibility index (Phi) is 15.7. The van der Waals surface area contributed by atoms with E-state index in [1.54, 1.807) is 0 Å². The third-order valence-corrected chi connectivity index (χ3v) is 27.9. The molecule has 6 aromatic heterocycles. The molecule has 596 valence electrons. The van der Waals surface area contributed by atoms with Crippen LogP contribution >= 0.6 is 11.8 Å². The monoisotopic (exact) mass is 1650 g/mol. The van der Waals surface area contributed by atoms with Gasteiger partial charge in [0.2, 0.25) is 0 Å². The third kappa shape index (κ3) is 10.3. The van der Waals surface area contributed by atoms with Gasteiger partial charge in [0.25, 0.3) is 0 Å². The Morgan fingerprint density at radius 1 is 0.203 bits per heavy atom. The van der Waals surface area contributed by atoms with Crippen LogP contribution in [0.4, 0.5) is 0 Å². The Bertz CT molecular complexity index is 8680. The lowest BCUT2D eigenvalue weighted by molar-refractivity contribution is 0.438. The fourth-order valence-electron chi connectivity index (χ4n) is 21.6. The Balaban J connectivity index is 0.000000132. The number of hydrogen-bond acceptors (Lipinski definition) is 8. The highest BCUT2D eigenvalue weighted by atomic mass is 32.2. The predicted molar refractivity (Wildman–Crippen MR) is 518 cm³/mol. The van der Waals surface area contributed by atoms with Crippen LogP contribution in [-0.2, 0) is 10.8 Å². The number of hydrogen-bond donors (Lipinski definition) is 0. The van der Waals surface area contributed by atoms with Crippen molar-refractivity contribution < 1.29 is 4.74 Å². The molecule has 4 aliphatic rings. The molecule has 11 nitrogen and oxygen atoms in total. The summed E-state index contributed by atoms with van der Waals surface area (Å²) in [7, 11) is 0. The Labute approximate surface area is 739 Å². The third-order valence-electron chi connectivity index (χ3n) is 26.8. The van der Waals surface area contributed by atoms with Gasteiger partial charge >= 0.3 is 0 Å². The van der Waals surface area contributed by atoms with E-state index in [4.69, 9.17) is 34.6 Å². The van der Waals surface area contributed by atoms with Gasteiger partial charge in [0.1, 0.15) is 5.75 Å². The first-order valence-corrected chi connectivity index (χ1v) is 44.2. The molecular formula is C116H70N10OS. The van der Waals surface area contributed by atoms with Crippen molar-refractivity contribution in [1.29, 1.82) is 0 Å². The molecule has 2 spiro atoms. The highest BCUT2D eigenvalue weighted by Gasteiger charge is 2.53. The molecule has 2 atom stereocenters. The highest BCUT2D eigenvalue weighted by Crippen LogP contribution is 2.64. The largest absolute Gasteiger partial charge is 0.454 e. The molecule has 0 saturated heterocycles. The highest BCUT2D eigenvalue weighted by molar-refractivity contribution is 7.99. The molecule has 0 aliphatic carbocycles.